The average molecular weight is 355 g/mol. The van der Waals surface area contributed by atoms with Crippen LogP contribution in [0.4, 0.5) is 5.69 Å². The molecule has 1 aromatic carbocycles. The van der Waals surface area contributed by atoms with Gasteiger partial charge in [-0.2, -0.15) is 0 Å². The van der Waals surface area contributed by atoms with E-state index in [1.807, 2.05) is 6.07 Å². The molecular formula is C11H7BrCl3NO. The van der Waals surface area contributed by atoms with Crippen LogP contribution in [0.1, 0.15) is 5.76 Å². The third kappa shape index (κ3) is 3.10. The molecule has 0 bridgehead atoms. The maximum Gasteiger partial charge on any atom is 0.136 e. The van der Waals surface area contributed by atoms with Crippen LogP contribution in [0.3, 0.4) is 0 Å². The van der Waals surface area contributed by atoms with Gasteiger partial charge in [0.1, 0.15) is 5.76 Å². The number of rotatable bonds is 3. The molecule has 0 aliphatic carbocycles. The van der Waals surface area contributed by atoms with Crippen LogP contribution >= 0.6 is 50.7 Å². The largest absolute Gasteiger partial charge is 0.466 e. The highest BCUT2D eigenvalue weighted by atomic mass is 79.9. The first-order valence-corrected chi connectivity index (χ1v) is 6.61. The summed E-state index contributed by atoms with van der Waals surface area (Å²) in [6.45, 7) is 0.481. The van der Waals surface area contributed by atoms with Crippen LogP contribution in [-0.4, -0.2) is 0 Å². The minimum absolute atomic E-state index is 0.477. The maximum atomic E-state index is 6.04. The first kappa shape index (κ1) is 13.1. The fraction of sp³-hybridized carbons (Fsp3) is 0.0909. The highest BCUT2D eigenvalue weighted by Gasteiger charge is 2.09. The second-order valence-electron chi connectivity index (χ2n) is 3.29. The molecule has 2 rings (SSSR count). The van der Waals surface area contributed by atoms with E-state index < -0.39 is 0 Å². The molecule has 0 saturated carbocycles. The van der Waals surface area contributed by atoms with Crippen LogP contribution in [0.15, 0.2) is 33.4 Å². The molecule has 0 atom stereocenters. The zero-order chi connectivity index (χ0) is 12.4. The molecule has 0 radical (unpaired) electrons. The minimum atomic E-state index is 0.477. The standard InChI is InChI=1S/C11H7BrCl3NO/c12-7-1-2-17-10(7)5-16-11-8(14)3-6(13)4-9(11)15/h1-4,16H,5H2. The van der Waals surface area contributed by atoms with Gasteiger partial charge in [-0.05, 0) is 34.1 Å². The second kappa shape index (κ2) is 5.53. The summed E-state index contributed by atoms with van der Waals surface area (Å²) in [5, 5.41) is 4.56. The van der Waals surface area contributed by atoms with Crippen molar-refractivity contribution in [3.05, 3.63) is 49.8 Å². The van der Waals surface area contributed by atoms with Crippen molar-refractivity contribution < 1.29 is 4.42 Å². The molecule has 0 spiro atoms. The second-order valence-corrected chi connectivity index (χ2v) is 5.39. The van der Waals surface area contributed by atoms with E-state index in [1.165, 1.54) is 0 Å². The Hall–Kier alpha value is -0.350. The van der Waals surface area contributed by atoms with E-state index in [4.69, 9.17) is 39.2 Å². The molecule has 6 heteroatoms. The summed E-state index contributed by atoms with van der Waals surface area (Å²) in [5.74, 6) is 0.770. The van der Waals surface area contributed by atoms with Gasteiger partial charge in [0.25, 0.3) is 0 Å². The predicted octanol–water partition coefficient (Wildman–Crippen LogP) is 5.61. The van der Waals surface area contributed by atoms with Crippen molar-refractivity contribution in [2.45, 2.75) is 6.54 Å². The molecule has 0 saturated heterocycles. The van der Waals surface area contributed by atoms with Crippen molar-refractivity contribution in [2.75, 3.05) is 5.32 Å². The third-order valence-corrected chi connectivity index (χ3v) is 3.64. The zero-order valence-corrected chi connectivity index (χ0v) is 12.3. The molecule has 2 aromatic rings. The number of furan rings is 1. The van der Waals surface area contributed by atoms with Gasteiger partial charge in [0, 0.05) is 5.02 Å². The summed E-state index contributed by atoms with van der Waals surface area (Å²) in [6, 6.07) is 5.09. The predicted molar refractivity (Wildman–Crippen MR) is 75.2 cm³/mol. The number of halogens is 4. The number of hydrogen-bond donors (Lipinski definition) is 1. The SMILES string of the molecule is Clc1cc(Cl)c(NCc2occc2Br)c(Cl)c1. The van der Waals surface area contributed by atoms with E-state index in [0.29, 0.717) is 27.3 Å². The molecule has 1 N–H and O–H groups in total. The average Bonchev–Trinajstić information content (AvgIpc) is 2.62. The lowest BCUT2D eigenvalue weighted by molar-refractivity contribution is 0.516. The minimum Gasteiger partial charge on any atom is -0.466 e. The summed E-state index contributed by atoms with van der Waals surface area (Å²) in [7, 11) is 0. The van der Waals surface area contributed by atoms with Crippen molar-refractivity contribution in [1.82, 2.24) is 0 Å². The van der Waals surface area contributed by atoms with Crippen LogP contribution in [-0.2, 0) is 6.54 Å². The van der Waals surface area contributed by atoms with E-state index in [-0.39, 0.29) is 0 Å². The molecule has 17 heavy (non-hydrogen) atoms. The first-order valence-electron chi connectivity index (χ1n) is 4.68. The third-order valence-electron chi connectivity index (χ3n) is 2.12. The molecule has 0 aliphatic heterocycles. The number of anilines is 1. The smallest absolute Gasteiger partial charge is 0.136 e. The Morgan fingerprint density at radius 1 is 1.18 bits per heavy atom. The van der Waals surface area contributed by atoms with E-state index >= 15 is 0 Å². The van der Waals surface area contributed by atoms with E-state index in [0.717, 1.165) is 10.2 Å². The van der Waals surface area contributed by atoms with Crippen LogP contribution < -0.4 is 5.32 Å². The topological polar surface area (TPSA) is 25.2 Å². The Balaban J connectivity index is 2.17. The highest BCUT2D eigenvalue weighted by Crippen LogP contribution is 2.34. The van der Waals surface area contributed by atoms with Gasteiger partial charge in [-0.3, -0.25) is 0 Å². The fourth-order valence-electron chi connectivity index (χ4n) is 1.33. The van der Waals surface area contributed by atoms with Gasteiger partial charge in [0.2, 0.25) is 0 Å². The number of benzene rings is 1. The van der Waals surface area contributed by atoms with Crippen molar-refractivity contribution in [2.24, 2.45) is 0 Å². The normalized spacial score (nSPS) is 10.6. The van der Waals surface area contributed by atoms with Crippen LogP contribution in [0.5, 0.6) is 0 Å². The first-order chi connectivity index (χ1) is 8.08. The lowest BCUT2D eigenvalue weighted by atomic mass is 10.3. The Labute approximate surface area is 122 Å². The van der Waals surface area contributed by atoms with Gasteiger partial charge in [0.15, 0.2) is 0 Å². The van der Waals surface area contributed by atoms with Gasteiger partial charge >= 0.3 is 0 Å². The molecule has 0 aliphatic rings. The molecule has 0 amide bonds. The molecule has 2 nitrogen and oxygen atoms in total. The van der Waals surface area contributed by atoms with E-state index in [1.54, 1.807) is 18.4 Å². The van der Waals surface area contributed by atoms with Gasteiger partial charge in [-0.1, -0.05) is 34.8 Å². The summed E-state index contributed by atoms with van der Waals surface area (Å²) >= 11 is 21.3. The van der Waals surface area contributed by atoms with Gasteiger partial charge in [-0.15, -0.1) is 0 Å². The van der Waals surface area contributed by atoms with E-state index in [2.05, 4.69) is 21.2 Å². The summed E-state index contributed by atoms with van der Waals surface area (Å²) < 4.78 is 6.16. The van der Waals surface area contributed by atoms with Crippen molar-refractivity contribution in [3.8, 4) is 0 Å². The lowest BCUT2D eigenvalue weighted by Crippen LogP contribution is -2.00. The molecule has 90 valence electrons. The highest BCUT2D eigenvalue weighted by molar-refractivity contribution is 9.10. The van der Waals surface area contributed by atoms with E-state index in [9.17, 15) is 0 Å². The van der Waals surface area contributed by atoms with Crippen molar-refractivity contribution in [3.63, 3.8) is 0 Å². The molecule has 1 aromatic heterocycles. The molecule has 1 heterocycles. The van der Waals surface area contributed by atoms with Crippen LogP contribution in [0.25, 0.3) is 0 Å². The number of hydrogen-bond acceptors (Lipinski definition) is 2. The quantitative estimate of drug-likeness (QED) is 0.774. The Bertz CT molecular complexity index is 518. The van der Waals surface area contributed by atoms with Gasteiger partial charge in [-0.25, -0.2) is 0 Å². The van der Waals surface area contributed by atoms with Crippen LogP contribution in [0.2, 0.25) is 15.1 Å². The monoisotopic (exact) mass is 353 g/mol. The van der Waals surface area contributed by atoms with Gasteiger partial charge in [0.05, 0.1) is 33.0 Å². The molecule has 0 unspecified atom stereocenters. The fourth-order valence-corrected chi connectivity index (χ4v) is 2.62. The lowest BCUT2D eigenvalue weighted by Gasteiger charge is -2.09. The van der Waals surface area contributed by atoms with Gasteiger partial charge < -0.3 is 9.73 Å². The Morgan fingerprint density at radius 3 is 2.35 bits per heavy atom. The summed E-state index contributed by atoms with van der Waals surface area (Å²) in [5.41, 5.74) is 0.640. The van der Waals surface area contributed by atoms with Crippen molar-refractivity contribution >= 4 is 56.4 Å². The molecule has 0 fully saturated rings. The van der Waals surface area contributed by atoms with Crippen LogP contribution in [0, 0.1) is 0 Å². The molecular weight excluding hydrogens is 348 g/mol. The Kier molecular flexibility index (Phi) is 4.26. The van der Waals surface area contributed by atoms with Crippen molar-refractivity contribution in [1.29, 1.82) is 0 Å². The zero-order valence-electron chi connectivity index (χ0n) is 8.44. The Morgan fingerprint density at radius 2 is 1.82 bits per heavy atom. The maximum absolute atomic E-state index is 6.04. The number of nitrogens with one attached hydrogen (secondary N) is 1. The summed E-state index contributed by atoms with van der Waals surface area (Å²) in [6.07, 6.45) is 1.60. The summed E-state index contributed by atoms with van der Waals surface area (Å²) in [4.78, 5) is 0.